The van der Waals surface area contributed by atoms with Gasteiger partial charge in [-0.25, -0.2) is 4.52 Å². The molecule has 1 fully saturated rings. The minimum Gasteiger partial charge on any atom is -0.337 e. The summed E-state index contributed by atoms with van der Waals surface area (Å²) in [6.07, 6.45) is 3.93. The van der Waals surface area contributed by atoms with E-state index >= 15 is 0 Å². The Morgan fingerprint density at radius 2 is 2.28 bits per heavy atom. The third-order valence-corrected chi connectivity index (χ3v) is 3.93. The van der Waals surface area contributed by atoms with Gasteiger partial charge in [0.2, 0.25) is 5.95 Å². The van der Waals surface area contributed by atoms with Gasteiger partial charge in [0.15, 0.2) is 5.65 Å². The molecule has 1 aliphatic heterocycles. The van der Waals surface area contributed by atoms with Gasteiger partial charge in [-0.15, -0.1) is 5.10 Å². The number of fused-ring (bicyclic) bond motifs is 1. The fraction of sp³-hybridized carbons (Fsp3) is 0.500. The summed E-state index contributed by atoms with van der Waals surface area (Å²) in [7, 11) is 0. The van der Waals surface area contributed by atoms with Gasteiger partial charge in [-0.1, -0.05) is 0 Å². The zero-order valence-corrected chi connectivity index (χ0v) is 11.8. The fourth-order valence-electron chi connectivity index (χ4n) is 2.47. The van der Waals surface area contributed by atoms with Gasteiger partial charge in [0, 0.05) is 29.3 Å². The van der Waals surface area contributed by atoms with E-state index in [1.54, 1.807) is 4.52 Å². The normalized spacial score (nSPS) is 24.7. The minimum atomic E-state index is 0.308. The smallest absolute Gasteiger partial charge is 0.245 e. The molecule has 18 heavy (non-hydrogen) atoms. The molecule has 0 saturated carbocycles. The maximum atomic E-state index is 5.98. The van der Waals surface area contributed by atoms with Crippen LogP contribution in [0.2, 0.25) is 0 Å². The molecule has 0 aliphatic carbocycles. The van der Waals surface area contributed by atoms with Crippen LogP contribution in [0.25, 0.3) is 5.65 Å². The molecule has 6 heteroatoms. The highest BCUT2D eigenvalue weighted by Crippen LogP contribution is 2.22. The number of hydrogen-bond donors (Lipinski definition) is 1. The molecular weight excluding hydrogens is 294 g/mol. The van der Waals surface area contributed by atoms with Crippen LogP contribution < -0.4 is 10.6 Å². The molecule has 0 amide bonds. The SMILES string of the molecule is CC1CC(N)CCN1c1nc2ccc(Br)cn2n1. The van der Waals surface area contributed by atoms with Crippen molar-refractivity contribution in [2.75, 3.05) is 11.4 Å². The second kappa shape index (κ2) is 4.51. The lowest BCUT2D eigenvalue weighted by atomic mass is 10.00. The molecule has 3 heterocycles. The lowest BCUT2D eigenvalue weighted by Gasteiger charge is -2.35. The van der Waals surface area contributed by atoms with Gasteiger partial charge in [0.25, 0.3) is 0 Å². The van der Waals surface area contributed by atoms with Crippen molar-refractivity contribution in [3.8, 4) is 0 Å². The Morgan fingerprint density at radius 1 is 1.44 bits per heavy atom. The first kappa shape index (κ1) is 11.9. The van der Waals surface area contributed by atoms with Crippen molar-refractivity contribution in [3.05, 3.63) is 22.8 Å². The maximum absolute atomic E-state index is 5.98. The summed E-state index contributed by atoms with van der Waals surface area (Å²) < 4.78 is 2.81. The van der Waals surface area contributed by atoms with Gasteiger partial charge in [-0.3, -0.25) is 0 Å². The third kappa shape index (κ3) is 2.10. The quantitative estimate of drug-likeness (QED) is 0.873. The van der Waals surface area contributed by atoms with E-state index in [0.29, 0.717) is 12.1 Å². The second-order valence-electron chi connectivity index (χ2n) is 4.89. The molecule has 0 bridgehead atoms. The number of nitrogens with zero attached hydrogens (tertiary/aromatic N) is 4. The number of piperidine rings is 1. The highest BCUT2D eigenvalue weighted by atomic mass is 79.9. The lowest BCUT2D eigenvalue weighted by molar-refractivity contribution is 0.424. The van der Waals surface area contributed by atoms with Crippen molar-refractivity contribution in [1.82, 2.24) is 14.6 Å². The number of halogens is 1. The monoisotopic (exact) mass is 309 g/mol. The Hall–Kier alpha value is -1.14. The Morgan fingerprint density at radius 3 is 3.06 bits per heavy atom. The van der Waals surface area contributed by atoms with E-state index in [-0.39, 0.29) is 0 Å². The molecule has 1 saturated heterocycles. The van der Waals surface area contributed by atoms with Gasteiger partial charge in [-0.2, -0.15) is 4.98 Å². The molecule has 5 nitrogen and oxygen atoms in total. The molecule has 3 rings (SSSR count). The largest absolute Gasteiger partial charge is 0.337 e. The molecule has 96 valence electrons. The van der Waals surface area contributed by atoms with Gasteiger partial charge in [0.1, 0.15) is 0 Å². The fourth-order valence-corrected chi connectivity index (χ4v) is 2.80. The average Bonchev–Trinajstić information content (AvgIpc) is 2.71. The highest BCUT2D eigenvalue weighted by molar-refractivity contribution is 9.10. The number of nitrogens with two attached hydrogens (primary N) is 1. The van der Waals surface area contributed by atoms with Crippen molar-refractivity contribution < 1.29 is 0 Å². The molecule has 1 aliphatic rings. The van der Waals surface area contributed by atoms with Crippen LogP contribution in [-0.2, 0) is 0 Å². The predicted molar refractivity (Wildman–Crippen MR) is 74.7 cm³/mol. The summed E-state index contributed by atoms with van der Waals surface area (Å²) in [4.78, 5) is 6.81. The zero-order valence-electron chi connectivity index (χ0n) is 10.3. The molecule has 0 aromatic carbocycles. The highest BCUT2D eigenvalue weighted by Gasteiger charge is 2.25. The van der Waals surface area contributed by atoms with Gasteiger partial charge >= 0.3 is 0 Å². The van der Waals surface area contributed by atoms with Crippen LogP contribution in [0.3, 0.4) is 0 Å². The van der Waals surface area contributed by atoms with Crippen LogP contribution >= 0.6 is 15.9 Å². The van der Waals surface area contributed by atoms with Crippen LogP contribution in [0, 0.1) is 0 Å². The first-order valence-corrected chi connectivity index (χ1v) is 6.97. The summed E-state index contributed by atoms with van der Waals surface area (Å²) in [6, 6.07) is 4.64. The number of pyridine rings is 1. The Bertz CT molecular complexity index is 567. The van der Waals surface area contributed by atoms with Crippen LogP contribution in [-0.4, -0.2) is 33.2 Å². The van der Waals surface area contributed by atoms with E-state index in [9.17, 15) is 0 Å². The van der Waals surface area contributed by atoms with Crippen molar-refractivity contribution in [2.24, 2.45) is 5.73 Å². The molecular formula is C12H16BrN5. The van der Waals surface area contributed by atoms with Crippen LogP contribution in [0.4, 0.5) is 5.95 Å². The van der Waals surface area contributed by atoms with E-state index in [4.69, 9.17) is 5.73 Å². The van der Waals surface area contributed by atoms with Crippen LogP contribution in [0.1, 0.15) is 19.8 Å². The van der Waals surface area contributed by atoms with Crippen molar-refractivity contribution >= 4 is 27.5 Å². The summed E-state index contributed by atoms with van der Waals surface area (Å²) in [5.41, 5.74) is 6.85. The average molecular weight is 310 g/mol. The summed E-state index contributed by atoms with van der Waals surface area (Å²) in [6.45, 7) is 3.11. The first-order valence-electron chi connectivity index (χ1n) is 6.17. The summed E-state index contributed by atoms with van der Waals surface area (Å²) >= 11 is 3.44. The first-order chi connectivity index (χ1) is 8.63. The molecule has 0 radical (unpaired) electrons. The van der Waals surface area contributed by atoms with E-state index in [1.165, 1.54) is 0 Å². The molecule has 0 spiro atoms. The van der Waals surface area contributed by atoms with Gasteiger partial charge in [0.05, 0.1) is 0 Å². The number of rotatable bonds is 1. The molecule has 2 N–H and O–H groups in total. The Balaban J connectivity index is 1.94. The van der Waals surface area contributed by atoms with Crippen molar-refractivity contribution in [1.29, 1.82) is 0 Å². The second-order valence-corrected chi connectivity index (χ2v) is 5.80. The van der Waals surface area contributed by atoms with E-state index in [1.807, 2.05) is 18.3 Å². The summed E-state index contributed by atoms with van der Waals surface area (Å²) in [5, 5.41) is 4.53. The zero-order chi connectivity index (χ0) is 12.7. The van der Waals surface area contributed by atoms with E-state index in [0.717, 1.165) is 35.5 Å². The van der Waals surface area contributed by atoms with Crippen molar-refractivity contribution in [3.63, 3.8) is 0 Å². The minimum absolute atomic E-state index is 0.308. The Kier molecular flexibility index (Phi) is 2.99. The number of hydrogen-bond acceptors (Lipinski definition) is 4. The number of anilines is 1. The maximum Gasteiger partial charge on any atom is 0.245 e. The van der Waals surface area contributed by atoms with E-state index < -0.39 is 0 Å². The topological polar surface area (TPSA) is 59.5 Å². The predicted octanol–water partition coefficient (Wildman–Crippen LogP) is 1.81. The molecule has 2 aromatic heterocycles. The molecule has 2 atom stereocenters. The van der Waals surface area contributed by atoms with Gasteiger partial charge < -0.3 is 10.6 Å². The molecule has 2 unspecified atom stereocenters. The Labute approximate surface area is 114 Å². The number of aromatic nitrogens is 3. The third-order valence-electron chi connectivity index (χ3n) is 3.46. The lowest BCUT2D eigenvalue weighted by Crippen LogP contribution is -2.46. The van der Waals surface area contributed by atoms with Crippen molar-refractivity contribution in [2.45, 2.75) is 31.8 Å². The standard InChI is InChI=1S/C12H16BrN5/c1-8-6-10(14)4-5-17(8)12-15-11-3-2-9(13)7-18(11)16-12/h2-3,7-8,10H,4-6,14H2,1H3. The molecule has 2 aromatic rings. The van der Waals surface area contributed by atoms with Crippen LogP contribution in [0.5, 0.6) is 0 Å². The van der Waals surface area contributed by atoms with Crippen LogP contribution in [0.15, 0.2) is 22.8 Å². The van der Waals surface area contributed by atoms with Gasteiger partial charge in [-0.05, 0) is 47.8 Å². The summed E-state index contributed by atoms with van der Waals surface area (Å²) in [5.74, 6) is 0.799. The van der Waals surface area contributed by atoms with E-state index in [2.05, 4.69) is 37.8 Å².